The fourth-order valence-electron chi connectivity index (χ4n) is 3.22. The van der Waals surface area contributed by atoms with Gasteiger partial charge in [-0.3, -0.25) is 4.40 Å². The highest BCUT2D eigenvalue weighted by Crippen LogP contribution is 2.29. The zero-order chi connectivity index (χ0) is 23.6. The molecule has 0 radical (unpaired) electrons. The molecule has 2 aromatic heterocycles. The van der Waals surface area contributed by atoms with Crippen LogP contribution >= 0.6 is 0 Å². The minimum Gasteiger partial charge on any atom is -0.487 e. The van der Waals surface area contributed by atoms with Gasteiger partial charge in [-0.15, -0.1) is 0 Å². The van der Waals surface area contributed by atoms with Gasteiger partial charge in [0.25, 0.3) is 0 Å². The lowest BCUT2D eigenvalue weighted by molar-refractivity contribution is -0.139. The summed E-state index contributed by atoms with van der Waals surface area (Å²) in [4.78, 5) is 17.2. The predicted octanol–water partition coefficient (Wildman–Crippen LogP) is 5.34. The Labute approximate surface area is 194 Å². The van der Waals surface area contributed by atoms with Crippen LogP contribution in [0.4, 0.5) is 0 Å². The molecule has 0 aliphatic carbocycles. The molecule has 0 spiro atoms. The molecule has 3 aromatic rings. The van der Waals surface area contributed by atoms with Crippen molar-refractivity contribution < 1.29 is 19.0 Å². The van der Waals surface area contributed by atoms with E-state index < -0.39 is 5.97 Å². The first-order chi connectivity index (χ1) is 16.0. The summed E-state index contributed by atoms with van der Waals surface area (Å²) in [7, 11) is 0. The zero-order valence-corrected chi connectivity index (χ0v) is 19.3. The Morgan fingerprint density at radius 2 is 1.97 bits per heavy atom. The lowest BCUT2D eigenvalue weighted by atomic mass is 10.2. The van der Waals surface area contributed by atoms with E-state index in [1.54, 1.807) is 10.6 Å². The Morgan fingerprint density at radius 1 is 1.18 bits per heavy atom. The van der Waals surface area contributed by atoms with E-state index in [9.17, 15) is 10.1 Å². The van der Waals surface area contributed by atoms with Crippen molar-refractivity contribution in [3.8, 4) is 17.7 Å². The maximum absolute atomic E-state index is 12.6. The summed E-state index contributed by atoms with van der Waals surface area (Å²) >= 11 is 0. The quantitative estimate of drug-likeness (QED) is 0.171. The number of pyridine rings is 1. The predicted molar refractivity (Wildman–Crippen MR) is 126 cm³/mol. The molecule has 2 heterocycles. The fourth-order valence-corrected chi connectivity index (χ4v) is 3.22. The number of aromatic nitrogens is 2. The number of carbonyl (C=O) groups excluding carboxylic acids is 1. The number of benzene rings is 1. The van der Waals surface area contributed by atoms with Gasteiger partial charge in [0.05, 0.1) is 12.7 Å². The summed E-state index contributed by atoms with van der Waals surface area (Å²) in [5.41, 5.74) is 1.75. The number of hydrogen-bond donors (Lipinski definition) is 0. The van der Waals surface area contributed by atoms with Gasteiger partial charge in [-0.05, 0) is 44.0 Å². The van der Waals surface area contributed by atoms with Crippen LogP contribution in [0.25, 0.3) is 11.7 Å². The van der Waals surface area contributed by atoms with E-state index in [2.05, 4.69) is 11.9 Å². The third-order valence-corrected chi connectivity index (χ3v) is 4.80. The summed E-state index contributed by atoms with van der Waals surface area (Å²) in [6.45, 7) is 6.56. The highest BCUT2D eigenvalue weighted by molar-refractivity contribution is 5.98. The molecule has 0 unspecified atom stereocenters. The number of unbranched alkanes of at least 4 members (excludes halogenated alkanes) is 2. The molecule has 0 aliphatic rings. The fraction of sp³-hybridized carbons (Fsp3) is 0.346. The van der Waals surface area contributed by atoms with Crippen LogP contribution in [-0.2, 0) is 16.1 Å². The number of nitrogens with zero attached hydrogens (tertiary/aromatic N) is 3. The van der Waals surface area contributed by atoms with Crippen molar-refractivity contribution in [3.63, 3.8) is 0 Å². The number of imidazole rings is 1. The first-order valence-corrected chi connectivity index (χ1v) is 11.2. The Kier molecular flexibility index (Phi) is 8.48. The van der Waals surface area contributed by atoms with Crippen molar-refractivity contribution in [1.29, 1.82) is 5.26 Å². The first kappa shape index (κ1) is 23.9. The molecule has 1 aromatic carbocycles. The number of nitriles is 1. The minimum atomic E-state index is -0.706. The second kappa shape index (κ2) is 11.7. The van der Waals surface area contributed by atoms with E-state index in [0.717, 1.165) is 24.8 Å². The maximum Gasteiger partial charge on any atom is 0.349 e. The molecule has 0 atom stereocenters. The number of carbonyl (C=O) groups is 1. The summed E-state index contributed by atoms with van der Waals surface area (Å²) in [6, 6.07) is 14.9. The summed E-state index contributed by atoms with van der Waals surface area (Å²) in [6.07, 6.45) is 6.21. The molecule has 7 nitrogen and oxygen atoms in total. The minimum absolute atomic E-state index is 0.0385. The lowest BCUT2D eigenvalue weighted by Crippen LogP contribution is -2.08. The van der Waals surface area contributed by atoms with Crippen LogP contribution in [0.2, 0.25) is 0 Å². The molecular weight excluding hydrogens is 418 g/mol. The molecule has 33 heavy (non-hydrogen) atoms. The van der Waals surface area contributed by atoms with Crippen LogP contribution in [0.1, 0.15) is 51.3 Å². The van der Waals surface area contributed by atoms with Crippen LogP contribution in [0, 0.1) is 11.3 Å². The maximum atomic E-state index is 12.6. The van der Waals surface area contributed by atoms with Crippen LogP contribution in [0.15, 0.2) is 54.2 Å². The van der Waals surface area contributed by atoms with E-state index >= 15 is 0 Å². The monoisotopic (exact) mass is 447 g/mol. The van der Waals surface area contributed by atoms with E-state index in [4.69, 9.17) is 14.2 Å². The van der Waals surface area contributed by atoms with Crippen molar-refractivity contribution in [3.05, 3.63) is 65.5 Å². The molecule has 3 rings (SSSR count). The van der Waals surface area contributed by atoms with E-state index in [1.807, 2.05) is 62.4 Å². The molecule has 0 saturated heterocycles. The van der Waals surface area contributed by atoms with Crippen molar-refractivity contribution >= 4 is 17.7 Å². The van der Waals surface area contributed by atoms with Crippen LogP contribution in [-0.4, -0.2) is 28.1 Å². The molecule has 172 valence electrons. The first-order valence-electron chi connectivity index (χ1n) is 11.2. The van der Waals surface area contributed by atoms with Gasteiger partial charge in [0.2, 0.25) is 5.88 Å². The second-order valence-corrected chi connectivity index (χ2v) is 7.82. The van der Waals surface area contributed by atoms with Crippen molar-refractivity contribution in [2.24, 2.45) is 0 Å². The Morgan fingerprint density at radius 3 is 2.67 bits per heavy atom. The van der Waals surface area contributed by atoms with Gasteiger partial charge in [-0.1, -0.05) is 50.1 Å². The smallest absolute Gasteiger partial charge is 0.349 e. The van der Waals surface area contributed by atoms with Crippen LogP contribution in [0.3, 0.4) is 0 Å². The highest BCUT2D eigenvalue weighted by Gasteiger charge is 2.19. The number of hydrogen-bond acceptors (Lipinski definition) is 6. The van der Waals surface area contributed by atoms with Crippen LogP contribution < -0.4 is 9.47 Å². The number of ether oxygens (including phenoxy) is 3. The summed E-state index contributed by atoms with van der Waals surface area (Å²) in [5, 5.41) is 9.66. The highest BCUT2D eigenvalue weighted by atomic mass is 16.5. The lowest BCUT2D eigenvalue weighted by Gasteiger charge is -2.10. The van der Waals surface area contributed by atoms with Gasteiger partial charge < -0.3 is 14.2 Å². The largest absolute Gasteiger partial charge is 0.487 e. The average molecular weight is 448 g/mol. The van der Waals surface area contributed by atoms with Gasteiger partial charge in [-0.25, -0.2) is 4.79 Å². The molecular formula is C26H29N3O4. The van der Waals surface area contributed by atoms with Gasteiger partial charge >= 0.3 is 5.97 Å². The topological polar surface area (TPSA) is 85.9 Å². The van der Waals surface area contributed by atoms with Gasteiger partial charge in [0.15, 0.2) is 11.4 Å². The average Bonchev–Trinajstić information content (AvgIpc) is 3.17. The molecule has 0 amide bonds. The molecule has 7 heteroatoms. The zero-order valence-electron chi connectivity index (χ0n) is 19.3. The van der Waals surface area contributed by atoms with E-state index in [0.29, 0.717) is 29.6 Å². The third kappa shape index (κ3) is 6.36. The standard InChI is InChI=1S/C26H29N3O4/c1-4-5-9-15-31-25-22(29-14-10-13-23(24(29)28-25)33-19(2)3)16-21(17-27)26(30)32-18-20-11-7-6-8-12-20/h6-8,10-14,16,19H,4-5,9,15,18H2,1-3H3/b21-16-. The number of esters is 1. The van der Waals surface area contributed by atoms with Gasteiger partial charge in [-0.2, -0.15) is 10.2 Å². The molecule has 0 fully saturated rings. The Balaban J connectivity index is 1.94. The summed E-state index contributed by atoms with van der Waals surface area (Å²) < 4.78 is 18.9. The van der Waals surface area contributed by atoms with Crippen molar-refractivity contribution in [2.75, 3.05) is 6.61 Å². The molecule has 0 N–H and O–H groups in total. The van der Waals surface area contributed by atoms with Crippen LogP contribution in [0.5, 0.6) is 11.6 Å². The van der Waals surface area contributed by atoms with Crippen molar-refractivity contribution in [1.82, 2.24) is 9.38 Å². The van der Waals surface area contributed by atoms with E-state index in [-0.39, 0.29) is 18.3 Å². The molecule has 0 aliphatic heterocycles. The molecule has 0 bridgehead atoms. The van der Waals surface area contributed by atoms with Gasteiger partial charge in [0, 0.05) is 6.20 Å². The van der Waals surface area contributed by atoms with Crippen molar-refractivity contribution in [2.45, 2.75) is 52.7 Å². The second-order valence-electron chi connectivity index (χ2n) is 7.82. The number of rotatable bonds is 11. The Hall–Kier alpha value is -3.79. The van der Waals surface area contributed by atoms with E-state index in [1.165, 1.54) is 6.08 Å². The summed E-state index contributed by atoms with van der Waals surface area (Å²) in [5.74, 6) is 0.230. The SMILES string of the molecule is CCCCCOc1nc2c(OC(C)C)cccn2c1/C=C(/C#N)C(=O)OCc1ccccc1. The van der Waals surface area contributed by atoms with Gasteiger partial charge in [0.1, 0.15) is 23.9 Å². The third-order valence-electron chi connectivity index (χ3n) is 4.80. The number of fused-ring (bicyclic) bond motifs is 1. The normalized spacial score (nSPS) is 11.4. The Bertz CT molecular complexity index is 1140. The molecule has 0 saturated carbocycles.